The third kappa shape index (κ3) is 4.06. The number of benzene rings is 1. The number of carbonyl (C=O) groups excluding carboxylic acids is 1. The Balaban J connectivity index is 2.06. The third-order valence-corrected chi connectivity index (χ3v) is 4.53. The zero-order valence-corrected chi connectivity index (χ0v) is 13.3. The Kier molecular flexibility index (Phi) is 5.34. The number of halogens is 2. The second-order valence-corrected chi connectivity index (χ2v) is 6.28. The molecule has 0 spiro atoms. The van der Waals surface area contributed by atoms with Crippen molar-refractivity contribution in [2.24, 2.45) is 5.92 Å². The number of amides is 1. The molecule has 1 aromatic rings. The van der Waals surface area contributed by atoms with Gasteiger partial charge in [0.2, 0.25) is 5.91 Å². The lowest BCUT2D eigenvalue weighted by molar-refractivity contribution is -0.147. The van der Waals surface area contributed by atoms with Gasteiger partial charge in [-0.1, -0.05) is 13.0 Å². The summed E-state index contributed by atoms with van der Waals surface area (Å²) in [6.07, 6.45) is 1.27. The molecule has 6 heteroatoms. The molecule has 1 heterocycles. The van der Waals surface area contributed by atoms with E-state index >= 15 is 0 Å². The minimum atomic E-state index is -0.896. The highest BCUT2D eigenvalue weighted by molar-refractivity contribution is 5.79. The molecular weight excluding hydrogens is 304 g/mol. The summed E-state index contributed by atoms with van der Waals surface area (Å²) in [6.45, 7) is 3.78. The highest BCUT2D eigenvalue weighted by Gasteiger charge is 2.33. The summed E-state index contributed by atoms with van der Waals surface area (Å²) in [7, 11) is 0. The van der Waals surface area contributed by atoms with Crippen molar-refractivity contribution in [3.8, 4) is 0 Å². The minimum absolute atomic E-state index is 0.0247. The molecule has 23 heavy (non-hydrogen) atoms. The van der Waals surface area contributed by atoms with Crippen LogP contribution in [0.1, 0.15) is 44.6 Å². The fourth-order valence-corrected chi connectivity index (χ4v) is 3.05. The Bertz CT molecular complexity index is 606. The molecule has 2 rings (SSSR count). The summed E-state index contributed by atoms with van der Waals surface area (Å²) in [5.41, 5.74) is 0.291. The van der Waals surface area contributed by atoms with Crippen molar-refractivity contribution in [2.75, 3.05) is 6.54 Å². The van der Waals surface area contributed by atoms with Crippen LogP contribution >= 0.6 is 0 Å². The summed E-state index contributed by atoms with van der Waals surface area (Å²) < 4.78 is 26.8. The normalized spacial score (nSPS) is 22.7. The molecular formula is C17H21F2NO3. The van der Waals surface area contributed by atoms with Crippen LogP contribution in [0.15, 0.2) is 18.2 Å². The fraction of sp³-hybridized carbons (Fsp3) is 0.529. The van der Waals surface area contributed by atoms with Crippen molar-refractivity contribution in [1.82, 2.24) is 4.90 Å². The van der Waals surface area contributed by atoms with Crippen LogP contribution in [0, 0.1) is 17.6 Å². The van der Waals surface area contributed by atoms with E-state index in [1.807, 2.05) is 6.92 Å². The van der Waals surface area contributed by atoms with Gasteiger partial charge in [0.1, 0.15) is 11.6 Å². The Morgan fingerprint density at radius 2 is 2.04 bits per heavy atom. The number of hydrogen-bond donors (Lipinski definition) is 1. The second kappa shape index (κ2) is 7.06. The fourth-order valence-electron chi connectivity index (χ4n) is 3.05. The Hall–Kier alpha value is -1.98. The summed E-state index contributed by atoms with van der Waals surface area (Å²) in [5, 5.41) is 9.12. The first-order chi connectivity index (χ1) is 10.8. The van der Waals surface area contributed by atoms with E-state index in [0.29, 0.717) is 18.4 Å². The van der Waals surface area contributed by atoms with Crippen LogP contribution in [0.3, 0.4) is 0 Å². The van der Waals surface area contributed by atoms with Crippen LogP contribution in [0.5, 0.6) is 0 Å². The van der Waals surface area contributed by atoms with Gasteiger partial charge in [-0.25, -0.2) is 8.78 Å². The van der Waals surface area contributed by atoms with Crippen molar-refractivity contribution in [2.45, 2.75) is 45.1 Å². The van der Waals surface area contributed by atoms with Gasteiger partial charge in [0.25, 0.3) is 0 Å². The Labute approximate surface area is 134 Å². The highest BCUT2D eigenvalue weighted by Crippen LogP contribution is 2.27. The lowest BCUT2D eigenvalue weighted by Crippen LogP contribution is -2.47. The molecule has 1 saturated heterocycles. The summed E-state index contributed by atoms with van der Waals surface area (Å²) in [6, 6.07) is 3.30. The van der Waals surface area contributed by atoms with Crippen LogP contribution in [-0.4, -0.2) is 34.5 Å². The number of carbonyl (C=O) groups is 2. The van der Waals surface area contributed by atoms with Crippen LogP contribution in [0.25, 0.3) is 0 Å². The van der Waals surface area contributed by atoms with Crippen molar-refractivity contribution < 1.29 is 23.5 Å². The van der Waals surface area contributed by atoms with Crippen LogP contribution in [-0.2, 0) is 9.59 Å². The maximum atomic E-state index is 13.8. The van der Waals surface area contributed by atoms with Crippen LogP contribution < -0.4 is 0 Å². The lowest BCUT2D eigenvalue weighted by atomic mass is 9.91. The number of rotatable bonds is 4. The Morgan fingerprint density at radius 3 is 2.65 bits per heavy atom. The first-order valence-electron chi connectivity index (χ1n) is 7.76. The molecule has 3 unspecified atom stereocenters. The van der Waals surface area contributed by atoms with Gasteiger partial charge in [-0.3, -0.25) is 9.59 Å². The quantitative estimate of drug-likeness (QED) is 0.925. The minimum Gasteiger partial charge on any atom is -0.481 e. The lowest BCUT2D eigenvalue weighted by Gasteiger charge is -2.37. The average Bonchev–Trinajstić information content (AvgIpc) is 2.46. The third-order valence-electron chi connectivity index (χ3n) is 4.53. The van der Waals surface area contributed by atoms with Gasteiger partial charge in [-0.2, -0.15) is 0 Å². The molecule has 1 aliphatic rings. The first kappa shape index (κ1) is 17.4. The molecule has 4 nitrogen and oxygen atoms in total. The van der Waals surface area contributed by atoms with E-state index in [-0.39, 0.29) is 24.9 Å². The highest BCUT2D eigenvalue weighted by atomic mass is 19.1. The number of carboxylic acid groups (broad SMARTS) is 1. The molecule has 1 aliphatic heterocycles. The summed E-state index contributed by atoms with van der Waals surface area (Å²) >= 11 is 0. The van der Waals surface area contributed by atoms with Gasteiger partial charge in [0.05, 0.1) is 5.92 Å². The van der Waals surface area contributed by atoms with Gasteiger partial charge in [0.15, 0.2) is 0 Å². The predicted octanol–water partition coefficient (Wildman–Crippen LogP) is 3.17. The van der Waals surface area contributed by atoms with Crippen LogP contribution in [0.2, 0.25) is 0 Å². The molecule has 0 aromatic heterocycles. The van der Waals surface area contributed by atoms with Crippen LogP contribution in [0.4, 0.5) is 8.78 Å². The van der Waals surface area contributed by atoms with E-state index in [1.54, 1.807) is 11.8 Å². The first-order valence-corrected chi connectivity index (χ1v) is 7.76. The van der Waals surface area contributed by atoms with Gasteiger partial charge in [-0.05, 0) is 37.3 Å². The van der Waals surface area contributed by atoms with E-state index in [0.717, 1.165) is 6.07 Å². The largest absolute Gasteiger partial charge is 0.481 e. The number of likely N-dealkylation sites (tertiary alicyclic amines) is 1. The molecule has 126 valence electrons. The molecule has 0 radical (unpaired) electrons. The maximum Gasteiger partial charge on any atom is 0.308 e. The van der Waals surface area contributed by atoms with Gasteiger partial charge >= 0.3 is 5.97 Å². The van der Waals surface area contributed by atoms with Gasteiger partial charge < -0.3 is 10.0 Å². The standard InChI is InChI=1S/C17H21F2NO3/c1-10(14-6-5-13(18)8-15(14)19)7-16(21)20-9-12(17(22)23)4-3-11(20)2/h5-6,8,10-12H,3-4,7,9H2,1-2H3,(H,22,23). The predicted molar refractivity (Wildman–Crippen MR) is 80.9 cm³/mol. The SMILES string of the molecule is CC(CC(=O)N1CC(C(=O)O)CCC1C)c1ccc(F)cc1F. The number of aliphatic carboxylic acids is 1. The van der Waals surface area contributed by atoms with E-state index in [1.165, 1.54) is 12.1 Å². The molecule has 0 saturated carbocycles. The van der Waals surface area contributed by atoms with E-state index in [2.05, 4.69) is 0 Å². The zero-order valence-electron chi connectivity index (χ0n) is 13.3. The zero-order chi connectivity index (χ0) is 17.1. The maximum absolute atomic E-state index is 13.8. The van der Waals surface area contributed by atoms with Gasteiger partial charge in [-0.15, -0.1) is 0 Å². The van der Waals surface area contributed by atoms with Crippen molar-refractivity contribution in [1.29, 1.82) is 0 Å². The number of carboxylic acids is 1. The molecule has 1 amide bonds. The molecule has 1 fully saturated rings. The molecule has 1 N–H and O–H groups in total. The van der Waals surface area contributed by atoms with Crippen molar-refractivity contribution >= 4 is 11.9 Å². The summed E-state index contributed by atoms with van der Waals surface area (Å²) in [5.74, 6) is -3.36. The van der Waals surface area contributed by atoms with Crippen molar-refractivity contribution in [3.63, 3.8) is 0 Å². The van der Waals surface area contributed by atoms with Gasteiger partial charge in [0, 0.05) is 25.1 Å². The number of piperidine rings is 1. The average molecular weight is 325 g/mol. The molecule has 1 aromatic carbocycles. The molecule has 0 bridgehead atoms. The second-order valence-electron chi connectivity index (χ2n) is 6.28. The number of hydrogen-bond acceptors (Lipinski definition) is 2. The molecule has 0 aliphatic carbocycles. The van der Waals surface area contributed by atoms with Crippen molar-refractivity contribution in [3.05, 3.63) is 35.4 Å². The monoisotopic (exact) mass is 325 g/mol. The topological polar surface area (TPSA) is 57.6 Å². The smallest absolute Gasteiger partial charge is 0.308 e. The molecule has 3 atom stereocenters. The number of nitrogens with zero attached hydrogens (tertiary/aromatic N) is 1. The van der Waals surface area contributed by atoms with E-state index in [9.17, 15) is 18.4 Å². The van der Waals surface area contributed by atoms with E-state index < -0.39 is 29.4 Å². The summed E-state index contributed by atoms with van der Waals surface area (Å²) in [4.78, 5) is 25.2. The van der Waals surface area contributed by atoms with E-state index in [4.69, 9.17) is 5.11 Å². The Morgan fingerprint density at radius 1 is 1.35 bits per heavy atom.